The van der Waals surface area contributed by atoms with Crippen LogP contribution < -0.4 is 0 Å². The summed E-state index contributed by atoms with van der Waals surface area (Å²) in [5, 5.41) is -0.918. The standard InChI is InChI=1S/C14H18FNO4S/c1-2-20-14(17)16-8-7-13(21(18,19)10-9-16)11-5-3-4-6-12(11)15/h3-6,13H,2,7-10H2,1H3/t13-/m0/s1. The highest BCUT2D eigenvalue weighted by Gasteiger charge is 2.34. The van der Waals surface area contributed by atoms with Crippen molar-refractivity contribution in [3.05, 3.63) is 35.6 Å². The lowest BCUT2D eigenvalue weighted by molar-refractivity contribution is 0.109. The number of rotatable bonds is 2. The normalized spacial score (nSPS) is 21.6. The van der Waals surface area contributed by atoms with Gasteiger partial charge >= 0.3 is 6.09 Å². The average Bonchev–Trinajstić information content (AvgIpc) is 2.58. The molecular weight excluding hydrogens is 297 g/mol. The van der Waals surface area contributed by atoms with Gasteiger partial charge in [0, 0.05) is 18.7 Å². The summed E-state index contributed by atoms with van der Waals surface area (Å²) < 4.78 is 43.4. The lowest BCUT2D eigenvalue weighted by Crippen LogP contribution is -2.34. The fourth-order valence-electron chi connectivity index (χ4n) is 2.43. The summed E-state index contributed by atoms with van der Waals surface area (Å²) in [4.78, 5) is 13.1. The number of halogens is 1. The Morgan fingerprint density at radius 1 is 1.38 bits per heavy atom. The van der Waals surface area contributed by atoms with Crippen LogP contribution in [0.25, 0.3) is 0 Å². The molecule has 0 aromatic heterocycles. The monoisotopic (exact) mass is 315 g/mol. The molecule has 5 nitrogen and oxygen atoms in total. The first-order valence-electron chi connectivity index (χ1n) is 6.83. The Hall–Kier alpha value is -1.63. The molecule has 0 spiro atoms. The smallest absolute Gasteiger partial charge is 0.409 e. The van der Waals surface area contributed by atoms with Gasteiger partial charge in [0.25, 0.3) is 0 Å². The Morgan fingerprint density at radius 3 is 2.76 bits per heavy atom. The van der Waals surface area contributed by atoms with Gasteiger partial charge in [0.1, 0.15) is 5.82 Å². The number of benzene rings is 1. The van der Waals surface area contributed by atoms with Gasteiger partial charge in [-0.3, -0.25) is 0 Å². The molecule has 1 atom stereocenters. The minimum atomic E-state index is -3.51. The van der Waals surface area contributed by atoms with Crippen LogP contribution in [0, 0.1) is 5.82 Å². The Morgan fingerprint density at radius 2 is 2.10 bits per heavy atom. The molecular formula is C14H18FNO4S. The van der Waals surface area contributed by atoms with Gasteiger partial charge in [-0.05, 0) is 19.4 Å². The van der Waals surface area contributed by atoms with E-state index in [1.54, 1.807) is 13.0 Å². The summed E-state index contributed by atoms with van der Waals surface area (Å²) in [5.74, 6) is -0.721. The molecule has 1 aliphatic heterocycles. The molecule has 1 aliphatic rings. The molecule has 0 aliphatic carbocycles. The van der Waals surface area contributed by atoms with Crippen molar-refractivity contribution in [2.45, 2.75) is 18.6 Å². The highest BCUT2D eigenvalue weighted by Crippen LogP contribution is 2.31. The number of hydrogen-bond acceptors (Lipinski definition) is 4. The van der Waals surface area contributed by atoms with E-state index in [1.807, 2.05) is 0 Å². The largest absolute Gasteiger partial charge is 0.450 e. The minimum Gasteiger partial charge on any atom is -0.450 e. The third-order valence-corrected chi connectivity index (χ3v) is 5.63. The summed E-state index contributed by atoms with van der Waals surface area (Å²) >= 11 is 0. The predicted molar refractivity (Wildman–Crippen MR) is 76.1 cm³/mol. The number of amides is 1. The highest BCUT2D eigenvalue weighted by atomic mass is 32.2. The molecule has 1 heterocycles. The third kappa shape index (κ3) is 3.53. The van der Waals surface area contributed by atoms with Gasteiger partial charge in [0.05, 0.1) is 17.6 Å². The molecule has 2 rings (SSSR count). The Kier molecular flexibility index (Phi) is 4.82. The maximum Gasteiger partial charge on any atom is 0.409 e. The van der Waals surface area contributed by atoms with Crippen molar-refractivity contribution in [3.8, 4) is 0 Å². The van der Waals surface area contributed by atoms with Crippen LogP contribution >= 0.6 is 0 Å². The van der Waals surface area contributed by atoms with Crippen molar-refractivity contribution < 1.29 is 22.3 Å². The third-order valence-electron chi connectivity index (χ3n) is 3.52. The van der Waals surface area contributed by atoms with Gasteiger partial charge in [-0.1, -0.05) is 18.2 Å². The van der Waals surface area contributed by atoms with E-state index in [0.29, 0.717) is 0 Å². The molecule has 0 N–H and O–H groups in total. The topological polar surface area (TPSA) is 63.7 Å². The molecule has 0 saturated carbocycles. The van der Waals surface area contributed by atoms with E-state index in [9.17, 15) is 17.6 Å². The van der Waals surface area contributed by atoms with Crippen molar-refractivity contribution >= 4 is 15.9 Å². The second-order valence-corrected chi connectivity index (χ2v) is 7.15. The van der Waals surface area contributed by atoms with Crippen LogP contribution in [0.4, 0.5) is 9.18 Å². The second kappa shape index (κ2) is 6.43. The van der Waals surface area contributed by atoms with Crippen LogP contribution in [0.3, 0.4) is 0 Å². The van der Waals surface area contributed by atoms with Crippen molar-refractivity contribution in [3.63, 3.8) is 0 Å². The fraction of sp³-hybridized carbons (Fsp3) is 0.500. The summed E-state index contributed by atoms with van der Waals surface area (Å²) in [7, 11) is -3.51. The lowest BCUT2D eigenvalue weighted by Gasteiger charge is -2.19. The first-order valence-corrected chi connectivity index (χ1v) is 8.55. The molecule has 0 radical (unpaired) electrons. The minimum absolute atomic E-state index is 0.0755. The van der Waals surface area contributed by atoms with Gasteiger partial charge in [-0.2, -0.15) is 0 Å². The number of carbonyl (C=O) groups excluding carboxylic acids is 1. The number of sulfone groups is 1. The van der Waals surface area contributed by atoms with Crippen molar-refractivity contribution in [1.29, 1.82) is 0 Å². The summed E-state index contributed by atoms with van der Waals surface area (Å²) in [6, 6.07) is 5.87. The summed E-state index contributed by atoms with van der Waals surface area (Å²) in [6.07, 6.45) is -0.357. The zero-order valence-corrected chi connectivity index (χ0v) is 12.6. The average molecular weight is 315 g/mol. The van der Waals surface area contributed by atoms with Gasteiger partial charge in [-0.25, -0.2) is 17.6 Å². The second-order valence-electron chi connectivity index (χ2n) is 4.85. The fourth-order valence-corrected chi connectivity index (χ4v) is 4.23. The zero-order valence-electron chi connectivity index (χ0n) is 11.8. The van der Waals surface area contributed by atoms with Crippen molar-refractivity contribution in [2.24, 2.45) is 0 Å². The molecule has 1 aromatic carbocycles. The van der Waals surface area contributed by atoms with Gasteiger partial charge in [-0.15, -0.1) is 0 Å². The van der Waals surface area contributed by atoms with Gasteiger partial charge in [0.15, 0.2) is 9.84 Å². The molecule has 1 aromatic rings. The maximum atomic E-state index is 13.9. The molecule has 21 heavy (non-hydrogen) atoms. The van der Waals surface area contributed by atoms with Crippen LogP contribution in [-0.2, 0) is 14.6 Å². The van der Waals surface area contributed by atoms with E-state index in [-0.39, 0.29) is 37.4 Å². The molecule has 7 heteroatoms. The molecule has 116 valence electrons. The summed E-state index contributed by atoms with van der Waals surface area (Å²) in [6.45, 7) is 2.23. The highest BCUT2D eigenvalue weighted by molar-refractivity contribution is 7.91. The van der Waals surface area contributed by atoms with Crippen LogP contribution in [0.5, 0.6) is 0 Å². The Labute approximate surface area is 123 Å². The van der Waals surface area contributed by atoms with E-state index in [0.717, 1.165) is 0 Å². The quantitative estimate of drug-likeness (QED) is 0.839. The van der Waals surface area contributed by atoms with E-state index in [2.05, 4.69) is 0 Å². The van der Waals surface area contributed by atoms with Gasteiger partial charge in [0.2, 0.25) is 0 Å². The SMILES string of the molecule is CCOC(=O)N1CC[C@@H](c2ccccc2F)S(=O)(=O)CC1. The molecule has 0 bridgehead atoms. The zero-order chi connectivity index (χ0) is 15.5. The van der Waals surface area contributed by atoms with E-state index < -0.39 is 27.0 Å². The Bertz CT molecular complexity index is 617. The Balaban J connectivity index is 2.24. The number of nitrogens with zero attached hydrogens (tertiary/aromatic N) is 1. The van der Waals surface area contributed by atoms with E-state index >= 15 is 0 Å². The van der Waals surface area contributed by atoms with Crippen molar-refractivity contribution in [1.82, 2.24) is 4.90 Å². The van der Waals surface area contributed by atoms with E-state index in [4.69, 9.17) is 4.74 Å². The summed E-state index contributed by atoms with van der Waals surface area (Å²) in [5.41, 5.74) is 0.170. The van der Waals surface area contributed by atoms with Crippen molar-refractivity contribution in [2.75, 3.05) is 25.4 Å². The first-order chi connectivity index (χ1) is 9.95. The predicted octanol–water partition coefficient (Wildman–Crippen LogP) is 2.14. The molecule has 1 saturated heterocycles. The molecule has 1 fully saturated rings. The number of hydrogen-bond donors (Lipinski definition) is 0. The van der Waals surface area contributed by atoms with Crippen LogP contribution in [0.15, 0.2) is 24.3 Å². The van der Waals surface area contributed by atoms with Crippen LogP contribution in [-0.4, -0.2) is 44.9 Å². The number of ether oxygens (including phenoxy) is 1. The van der Waals surface area contributed by atoms with Crippen LogP contribution in [0.1, 0.15) is 24.2 Å². The molecule has 1 amide bonds. The maximum absolute atomic E-state index is 13.9. The lowest BCUT2D eigenvalue weighted by atomic mass is 10.1. The van der Waals surface area contributed by atoms with E-state index in [1.165, 1.54) is 23.1 Å². The number of carbonyl (C=O) groups is 1. The van der Waals surface area contributed by atoms with Crippen LogP contribution in [0.2, 0.25) is 0 Å². The molecule has 0 unspecified atom stereocenters. The first kappa shape index (κ1) is 15.8. The van der Waals surface area contributed by atoms with Gasteiger partial charge < -0.3 is 9.64 Å².